The number of nitrogens with one attached hydrogen (secondary N) is 1. The molecule has 2 saturated heterocycles. The Kier molecular flexibility index (Phi) is 9.00. The number of rotatable bonds is 7. The van der Waals surface area contributed by atoms with Crippen molar-refractivity contribution >= 4 is 38.2 Å². The zero-order valence-electron chi connectivity index (χ0n) is 24.8. The molecule has 228 valence electrons. The average molecular weight is 621 g/mol. The van der Waals surface area contributed by atoms with Crippen molar-refractivity contribution in [2.75, 3.05) is 31.5 Å². The van der Waals surface area contributed by atoms with Gasteiger partial charge in [0.05, 0.1) is 10.5 Å². The fourth-order valence-electron chi connectivity index (χ4n) is 6.52. The summed E-state index contributed by atoms with van der Waals surface area (Å²) in [5, 5.41) is 3.64. The molecule has 43 heavy (non-hydrogen) atoms. The van der Waals surface area contributed by atoms with Gasteiger partial charge < -0.3 is 10.2 Å². The molecule has 0 spiro atoms. The lowest BCUT2D eigenvalue weighted by atomic mass is 10.00. The number of carbonyl (C=O) groups excluding carboxylic acids is 2. The second-order valence-corrected chi connectivity index (χ2v) is 14.9. The fourth-order valence-corrected chi connectivity index (χ4v) is 9.50. The van der Waals surface area contributed by atoms with Crippen LogP contribution < -0.4 is 5.32 Å². The normalized spacial score (nSPS) is 20.0. The third kappa shape index (κ3) is 6.43. The average Bonchev–Trinajstić information content (AvgIpc) is 3.38. The van der Waals surface area contributed by atoms with Gasteiger partial charge in [0.25, 0.3) is 11.8 Å². The Hall–Kier alpha value is -3.05. The molecule has 0 bridgehead atoms. The summed E-state index contributed by atoms with van der Waals surface area (Å²) < 4.78 is 28.1. The van der Waals surface area contributed by atoms with E-state index in [1.54, 1.807) is 16.4 Å². The molecule has 8 nitrogen and oxygen atoms in total. The summed E-state index contributed by atoms with van der Waals surface area (Å²) in [6.45, 7) is 6.35. The topological polar surface area (TPSA) is 90.0 Å². The van der Waals surface area contributed by atoms with Crippen LogP contribution in [0.4, 0.5) is 5.00 Å². The van der Waals surface area contributed by atoms with Crippen LogP contribution in [0.1, 0.15) is 82.2 Å². The van der Waals surface area contributed by atoms with E-state index >= 15 is 0 Å². The number of amides is 2. The summed E-state index contributed by atoms with van der Waals surface area (Å²) in [5.41, 5.74) is 3.30. The van der Waals surface area contributed by atoms with E-state index in [4.69, 9.17) is 0 Å². The molecule has 1 N–H and O–H groups in total. The van der Waals surface area contributed by atoms with Crippen LogP contribution in [0.5, 0.6) is 0 Å². The minimum absolute atomic E-state index is 0.00102. The number of likely N-dealkylation sites (tertiary alicyclic amines) is 1. The summed E-state index contributed by atoms with van der Waals surface area (Å²) in [5.74, 6) is -0.344. The van der Waals surface area contributed by atoms with Crippen molar-refractivity contribution in [1.82, 2.24) is 14.1 Å². The van der Waals surface area contributed by atoms with Gasteiger partial charge in [0, 0.05) is 55.8 Å². The van der Waals surface area contributed by atoms with E-state index < -0.39 is 10.0 Å². The SMILES string of the molecule is CC1CCCCN1S(=O)(=O)c1ccc(C(=O)Nc2sc3c(c2C(=O)N2CCCCC2)CCN(Cc2ccccc2)C3)cc1. The molecule has 0 radical (unpaired) electrons. The number of thiophene rings is 1. The summed E-state index contributed by atoms with van der Waals surface area (Å²) in [6.07, 6.45) is 6.62. The molecule has 3 aliphatic rings. The van der Waals surface area contributed by atoms with E-state index in [1.807, 2.05) is 17.9 Å². The van der Waals surface area contributed by atoms with Crippen LogP contribution in [0.15, 0.2) is 59.5 Å². The van der Waals surface area contributed by atoms with Gasteiger partial charge in [-0.2, -0.15) is 4.31 Å². The molecule has 3 aliphatic heterocycles. The van der Waals surface area contributed by atoms with Gasteiger partial charge in [-0.05, 0) is 80.8 Å². The molecule has 1 unspecified atom stereocenters. The molecule has 6 rings (SSSR count). The quantitative estimate of drug-likeness (QED) is 0.364. The number of benzene rings is 2. The van der Waals surface area contributed by atoms with Gasteiger partial charge in [-0.3, -0.25) is 14.5 Å². The molecule has 2 aromatic carbocycles. The maximum absolute atomic E-state index is 13.9. The third-order valence-electron chi connectivity index (χ3n) is 8.93. The zero-order valence-corrected chi connectivity index (χ0v) is 26.4. The van der Waals surface area contributed by atoms with Gasteiger partial charge in [0.15, 0.2) is 0 Å². The van der Waals surface area contributed by atoms with Gasteiger partial charge in [-0.25, -0.2) is 8.42 Å². The molecule has 0 saturated carbocycles. The summed E-state index contributed by atoms with van der Waals surface area (Å²) in [6, 6.07) is 16.5. The number of sulfonamides is 1. The molecule has 2 fully saturated rings. The Morgan fingerprint density at radius 3 is 2.35 bits per heavy atom. The Morgan fingerprint density at radius 2 is 1.63 bits per heavy atom. The largest absolute Gasteiger partial charge is 0.339 e. The first-order valence-electron chi connectivity index (χ1n) is 15.4. The Labute approximate surface area is 258 Å². The van der Waals surface area contributed by atoms with Gasteiger partial charge in [-0.15, -0.1) is 11.3 Å². The first kappa shape index (κ1) is 30.0. The van der Waals surface area contributed by atoms with Crippen LogP contribution >= 0.6 is 11.3 Å². The van der Waals surface area contributed by atoms with E-state index in [9.17, 15) is 18.0 Å². The molecule has 4 heterocycles. The predicted octanol–water partition coefficient (Wildman–Crippen LogP) is 5.75. The van der Waals surface area contributed by atoms with E-state index in [0.717, 1.165) is 88.1 Å². The monoisotopic (exact) mass is 620 g/mol. The van der Waals surface area contributed by atoms with Crippen LogP contribution in [-0.4, -0.2) is 66.6 Å². The molecule has 3 aromatic rings. The van der Waals surface area contributed by atoms with E-state index in [1.165, 1.54) is 29.0 Å². The number of piperidine rings is 2. The number of carbonyl (C=O) groups is 2. The lowest BCUT2D eigenvalue weighted by Gasteiger charge is -2.32. The van der Waals surface area contributed by atoms with E-state index in [0.29, 0.717) is 22.7 Å². The van der Waals surface area contributed by atoms with Crippen molar-refractivity contribution < 1.29 is 18.0 Å². The Bertz CT molecular complexity index is 1560. The van der Waals surface area contributed by atoms with Gasteiger partial charge in [-0.1, -0.05) is 36.8 Å². The minimum atomic E-state index is -3.62. The number of hydrogen-bond acceptors (Lipinski definition) is 6. The lowest BCUT2D eigenvalue weighted by Crippen LogP contribution is -2.41. The van der Waals surface area contributed by atoms with E-state index in [-0.39, 0.29) is 22.8 Å². The van der Waals surface area contributed by atoms with Crippen molar-refractivity contribution in [1.29, 1.82) is 0 Å². The lowest BCUT2D eigenvalue weighted by molar-refractivity contribution is 0.0724. The summed E-state index contributed by atoms with van der Waals surface area (Å²) >= 11 is 1.49. The second-order valence-electron chi connectivity index (χ2n) is 11.9. The molecule has 0 aliphatic carbocycles. The molecular formula is C33H40N4O4S2. The number of nitrogens with zero attached hydrogens (tertiary/aromatic N) is 3. The van der Waals surface area contributed by atoms with Crippen molar-refractivity contribution in [3.05, 3.63) is 81.7 Å². The van der Waals surface area contributed by atoms with Crippen LogP contribution in [0.2, 0.25) is 0 Å². The summed E-state index contributed by atoms with van der Waals surface area (Å²) in [7, 11) is -3.62. The van der Waals surface area contributed by atoms with Crippen LogP contribution in [0.25, 0.3) is 0 Å². The predicted molar refractivity (Wildman–Crippen MR) is 170 cm³/mol. The Morgan fingerprint density at radius 1 is 0.907 bits per heavy atom. The highest BCUT2D eigenvalue weighted by molar-refractivity contribution is 7.89. The first-order valence-corrected chi connectivity index (χ1v) is 17.7. The van der Waals surface area contributed by atoms with Gasteiger partial charge in [0.1, 0.15) is 5.00 Å². The van der Waals surface area contributed by atoms with Gasteiger partial charge in [0.2, 0.25) is 10.0 Å². The van der Waals surface area contributed by atoms with Crippen molar-refractivity contribution in [2.45, 2.75) is 75.9 Å². The standard InChI is InChI=1S/C33H40N4O4S2/c1-24-10-6-9-20-37(24)43(40,41)27-15-13-26(14-16-27)31(38)34-32-30(33(39)36-18-7-3-8-19-36)28-17-21-35(23-29(28)42-32)22-25-11-4-2-5-12-25/h2,4-5,11-16,24H,3,6-10,17-23H2,1H3,(H,34,38). The van der Waals surface area contributed by atoms with Crippen LogP contribution in [-0.2, 0) is 29.5 Å². The van der Waals surface area contributed by atoms with Crippen molar-refractivity contribution in [2.24, 2.45) is 0 Å². The molecular weight excluding hydrogens is 581 g/mol. The smallest absolute Gasteiger partial charge is 0.257 e. The van der Waals surface area contributed by atoms with Gasteiger partial charge >= 0.3 is 0 Å². The number of fused-ring (bicyclic) bond motifs is 1. The Balaban J connectivity index is 1.24. The summed E-state index contributed by atoms with van der Waals surface area (Å²) in [4.78, 5) is 33.0. The third-order valence-corrected chi connectivity index (χ3v) is 12.1. The zero-order chi connectivity index (χ0) is 30.0. The highest BCUT2D eigenvalue weighted by Gasteiger charge is 2.33. The molecule has 1 aromatic heterocycles. The highest BCUT2D eigenvalue weighted by atomic mass is 32.2. The molecule has 2 amide bonds. The van der Waals surface area contributed by atoms with E-state index in [2.05, 4.69) is 34.5 Å². The maximum atomic E-state index is 13.9. The second kappa shape index (κ2) is 12.9. The molecule has 10 heteroatoms. The number of anilines is 1. The maximum Gasteiger partial charge on any atom is 0.257 e. The molecule has 1 atom stereocenters. The van der Waals surface area contributed by atoms with Crippen molar-refractivity contribution in [3.63, 3.8) is 0 Å². The minimum Gasteiger partial charge on any atom is -0.339 e. The van der Waals surface area contributed by atoms with Crippen LogP contribution in [0, 0.1) is 0 Å². The van der Waals surface area contributed by atoms with Crippen molar-refractivity contribution in [3.8, 4) is 0 Å². The van der Waals surface area contributed by atoms with Crippen LogP contribution in [0.3, 0.4) is 0 Å². The number of hydrogen-bond donors (Lipinski definition) is 1. The first-order chi connectivity index (χ1) is 20.8. The highest BCUT2D eigenvalue weighted by Crippen LogP contribution is 2.39. The fraction of sp³-hybridized carbons (Fsp3) is 0.455.